The molecule has 22 heavy (non-hydrogen) atoms. The second kappa shape index (κ2) is 6.09. The standard InChI is InChI=1S/C16H14N4O2/c1-22-15-5-3-2-4-14(15)16(21)19-12-6-8-13(9-7-12)20-11-17-10-18-20/h2-11H,1H3,(H,19,21). The van der Waals surface area contributed by atoms with Crippen LogP contribution >= 0.6 is 0 Å². The fourth-order valence-electron chi connectivity index (χ4n) is 2.07. The Morgan fingerprint density at radius 1 is 1.14 bits per heavy atom. The van der Waals surface area contributed by atoms with Crippen LogP contribution in [0.4, 0.5) is 5.69 Å². The summed E-state index contributed by atoms with van der Waals surface area (Å²) in [6.45, 7) is 0. The topological polar surface area (TPSA) is 69.0 Å². The van der Waals surface area contributed by atoms with Crippen LogP contribution in [0.15, 0.2) is 61.2 Å². The summed E-state index contributed by atoms with van der Waals surface area (Å²) < 4.78 is 6.84. The van der Waals surface area contributed by atoms with Gasteiger partial charge in [0.1, 0.15) is 18.4 Å². The van der Waals surface area contributed by atoms with Crippen molar-refractivity contribution in [3.63, 3.8) is 0 Å². The quantitative estimate of drug-likeness (QED) is 0.802. The molecule has 0 spiro atoms. The molecule has 3 aromatic rings. The zero-order valence-electron chi connectivity index (χ0n) is 11.9. The molecule has 0 unspecified atom stereocenters. The van der Waals surface area contributed by atoms with Crippen LogP contribution in [0.3, 0.4) is 0 Å². The van der Waals surface area contributed by atoms with Crippen molar-refractivity contribution in [2.75, 3.05) is 12.4 Å². The smallest absolute Gasteiger partial charge is 0.259 e. The molecular formula is C16H14N4O2. The largest absolute Gasteiger partial charge is 0.496 e. The van der Waals surface area contributed by atoms with E-state index in [1.54, 1.807) is 36.3 Å². The first kappa shape index (κ1) is 13.8. The lowest BCUT2D eigenvalue weighted by atomic mass is 10.2. The van der Waals surface area contributed by atoms with Gasteiger partial charge in [0.25, 0.3) is 5.91 Å². The fourth-order valence-corrected chi connectivity index (χ4v) is 2.07. The number of hydrogen-bond donors (Lipinski definition) is 1. The zero-order valence-corrected chi connectivity index (χ0v) is 11.9. The summed E-state index contributed by atoms with van der Waals surface area (Å²) in [5.74, 6) is 0.324. The van der Waals surface area contributed by atoms with Gasteiger partial charge in [0.15, 0.2) is 0 Å². The highest BCUT2D eigenvalue weighted by Crippen LogP contribution is 2.19. The van der Waals surface area contributed by atoms with Crippen LogP contribution in [0, 0.1) is 0 Å². The third-order valence-electron chi connectivity index (χ3n) is 3.16. The van der Waals surface area contributed by atoms with Crippen LogP contribution < -0.4 is 10.1 Å². The third-order valence-corrected chi connectivity index (χ3v) is 3.16. The van der Waals surface area contributed by atoms with E-state index >= 15 is 0 Å². The van der Waals surface area contributed by atoms with Crippen LogP contribution in [0.25, 0.3) is 5.69 Å². The maximum atomic E-state index is 12.3. The Morgan fingerprint density at radius 3 is 2.59 bits per heavy atom. The van der Waals surface area contributed by atoms with Gasteiger partial charge in [-0.05, 0) is 36.4 Å². The molecule has 0 aliphatic rings. The highest BCUT2D eigenvalue weighted by Gasteiger charge is 2.11. The molecule has 0 atom stereocenters. The van der Waals surface area contributed by atoms with E-state index in [4.69, 9.17) is 4.74 Å². The molecule has 0 saturated carbocycles. The average Bonchev–Trinajstić information content (AvgIpc) is 3.10. The number of ether oxygens (including phenoxy) is 1. The first-order chi connectivity index (χ1) is 10.8. The summed E-state index contributed by atoms with van der Waals surface area (Å²) in [5, 5.41) is 6.89. The van der Waals surface area contributed by atoms with Gasteiger partial charge >= 0.3 is 0 Å². The van der Waals surface area contributed by atoms with Gasteiger partial charge in [-0.15, -0.1) is 0 Å². The number of anilines is 1. The maximum absolute atomic E-state index is 12.3. The Balaban J connectivity index is 1.77. The molecule has 3 rings (SSSR count). The first-order valence-corrected chi connectivity index (χ1v) is 6.67. The van der Waals surface area contributed by atoms with Gasteiger partial charge in [-0.25, -0.2) is 9.67 Å². The van der Waals surface area contributed by atoms with Crippen LogP contribution in [0.5, 0.6) is 5.75 Å². The van der Waals surface area contributed by atoms with Crippen LogP contribution in [-0.2, 0) is 0 Å². The monoisotopic (exact) mass is 294 g/mol. The van der Waals surface area contributed by atoms with Crippen molar-refractivity contribution in [2.24, 2.45) is 0 Å². The molecule has 0 fully saturated rings. The minimum absolute atomic E-state index is 0.217. The van der Waals surface area contributed by atoms with E-state index in [0.29, 0.717) is 17.0 Å². The molecule has 0 bridgehead atoms. The number of carbonyl (C=O) groups is 1. The Bertz CT molecular complexity index is 767. The second-order valence-corrected chi connectivity index (χ2v) is 4.54. The van der Waals surface area contributed by atoms with E-state index in [9.17, 15) is 4.79 Å². The predicted octanol–water partition coefficient (Wildman–Crippen LogP) is 2.53. The number of para-hydroxylation sites is 1. The highest BCUT2D eigenvalue weighted by molar-refractivity contribution is 6.06. The van der Waals surface area contributed by atoms with Gasteiger partial charge in [-0.1, -0.05) is 12.1 Å². The molecule has 1 N–H and O–H groups in total. The third kappa shape index (κ3) is 2.80. The van der Waals surface area contributed by atoms with Gasteiger partial charge in [0.05, 0.1) is 18.4 Å². The predicted molar refractivity (Wildman–Crippen MR) is 82.3 cm³/mol. The number of benzene rings is 2. The van der Waals surface area contributed by atoms with Gasteiger partial charge in [0.2, 0.25) is 0 Å². The minimum Gasteiger partial charge on any atom is -0.496 e. The second-order valence-electron chi connectivity index (χ2n) is 4.54. The lowest BCUT2D eigenvalue weighted by Crippen LogP contribution is -2.13. The summed E-state index contributed by atoms with van der Waals surface area (Å²) in [4.78, 5) is 16.2. The molecular weight excluding hydrogens is 280 g/mol. The molecule has 0 aliphatic heterocycles. The molecule has 110 valence electrons. The normalized spacial score (nSPS) is 10.2. The molecule has 0 radical (unpaired) electrons. The minimum atomic E-state index is -0.217. The van der Waals surface area contributed by atoms with Gasteiger partial charge in [0, 0.05) is 5.69 Å². The van der Waals surface area contributed by atoms with Crippen LogP contribution in [0.1, 0.15) is 10.4 Å². The number of methoxy groups -OCH3 is 1. The lowest BCUT2D eigenvalue weighted by molar-refractivity contribution is 0.102. The molecule has 1 aromatic heterocycles. The SMILES string of the molecule is COc1ccccc1C(=O)Nc1ccc(-n2cncn2)cc1. The number of carbonyl (C=O) groups excluding carboxylic acids is 1. The van der Waals surface area contributed by atoms with Gasteiger partial charge in [-0.3, -0.25) is 4.79 Å². The highest BCUT2D eigenvalue weighted by atomic mass is 16.5. The Kier molecular flexibility index (Phi) is 3.82. The zero-order chi connectivity index (χ0) is 15.4. The van der Waals surface area contributed by atoms with E-state index in [1.807, 2.05) is 30.3 Å². The van der Waals surface area contributed by atoms with Gasteiger partial charge < -0.3 is 10.1 Å². The van der Waals surface area contributed by atoms with E-state index in [1.165, 1.54) is 6.33 Å². The van der Waals surface area contributed by atoms with E-state index < -0.39 is 0 Å². The summed E-state index contributed by atoms with van der Waals surface area (Å²) in [6, 6.07) is 14.4. The lowest BCUT2D eigenvalue weighted by Gasteiger charge is -2.09. The number of nitrogens with one attached hydrogen (secondary N) is 1. The summed E-state index contributed by atoms with van der Waals surface area (Å²) >= 11 is 0. The molecule has 0 saturated heterocycles. The number of hydrogen-bond acceptors (Lipinski definition) is 4. The van der Waals surface area contributed by atoms with E-state index in [-0.39, 0.29) is 5.91 Å². The van der Waals surface area contributed by atoms with Crippen molar-refractivity contribution in [2.45, 2.75) is 0 Å². The van der Waals surface area contributed by atoms with Crippen molar-refractivity contribution in [1.29, 1.82) is 0 Å². The molecule has 0 aliphatic carbocycles. The summed E-state index contributed by atoms with van der Waals surface area (Å²) in [6.07, 6.45) is 3.08. The Morgan fingerprint density at radius 2 is 1.91 bits per heavy atom. The number of amides is 1. The summed E-state index contributed by atoms with van der Waals surface area (Å²) in [7, 11) is 1.54. The first-order valence-electron chi connectivity index (χ1n) is 6.67. The maximum Gasteiger partial charge on any atom is 0.259 e. The molecule has 1 heterocycles. The van der Waals surface area contributed by atoms with Crippen molar-refractivity contribution < 1.29 is 9.53 Å². The van der Waals surface area contributed by atoms with Crippen molar-refractivity contribution >= 4 is 11.6 Å². The van der Waals surface area contributed by atoms with Crippen molar-refractivity contribution in [3.05, 3.63) is 66.7 Å². The van der Waals surface area contributed by atoms with Gasteiger partial charge in [-0.2, -0.15) is 5.10 Å². The van der Waals surface area contributed by atoms with E-state index in [0.717, 1.165) is 5.69 Å². The van der Waals surface area contributed by atoms with Crippen LogP contribution in [-0.4, -0.2) is 27.8 Å². The van der Waals surface area contributed by atoms with Crippen molar-refractivity contribution in [1.82, 2.24) is 14.8 Å². The molecule has 2 aromatic carbocycles. The number of aromatic nitrogens is 3. The molecule has 1 amide bonds. The van der Waals surface area contributed by atoms with Crippen LogP contribution in [0.2, 0.25) is 0 Å². The number of nitrogens with zero attached hydrogens (tertiary/aromatic N) is 3. The molecule has 6 heteroatoms. The Labute approximate surface area is 127 Å². The fraction of sp³-hybridized carbons (Fsp3) is 0.0625. The average molecular weight is 294 g/mol. The van der Waals surface area contributed by atoms with E-state index in [2.05, 4.69) is 15.4 Å². The number of rotatable bonds is 4. The van der Waals surface area contributed by atoms with Crippen molar-refractivity contribution in [3.8, 4) is 11.4 Å². The summed E-state index contributed by atoms with van der Waals surface area (Å²) in [5.41, 5.74) is 2.05. The Hall–Kier alpha value is -3.15. The molecule has 6 nitrogen and oxygen atoms in total.